The van der Waals surface area contributed by atoms with E-state index in [0.717, 1.165) is 36.2 Å². The lowest BCUT2D eigenvalue weighted by atomic mass is 10.0. The van der Waals surface area contributed by atoms with Crippen molar-refractivity contribution >= 4 is 33.3 Å². The number of hydrogen-bond acceptors (Lipinski definition) is 6. The topological polar surface area (TPSA) is 125 Å². The number of hydrogen-bond donors (Lipinski definition) is 4. The number of carbonyl (C=O) groups excluding carboxylic acids is 1. The smallest absolute Gasteiger partial charge is 0.407 e. The molecule has 9 nitrogen and oxygen atoms in total. The largest absolute Gasteiger partial charge is 0.446 e. The number of aromatic nitrogens is 2. The van der Waals surface area contributed by atoms with E-state index in [1.165, 1.54) is 0 Å². The molecule has 2 atom stereocenters. The third-order valence-corrected chi connectivity index (χ3v) is 6.31. The highest BCUT2D eigenvalue weighted by atomic mass is 32.2. The molecule has 1 amide bonds. The van der Waals surface area contributed by atoms with Gasteiger partial charge in [0.1, 0.15) is 6.10 Å². The van der Waals surface area contributed by atoms with Crippen LogP contribution in [-0.2, 0) is 20.5 Å². The summed E-state index contributed by atoms with van der Waals surface area (Å²) < 4.78 is 31.3. The zero-order valence-corrected chi connectivity index (χ0v) is 17.2. The highest BCUT2D eigenvalue weighted by Crippen LogP contribution is 2.36. The van der Waals surface area contributed by atoms with E-state index < -0.39 is 10.0 Å². The average Bonchev–Trinajstić information content (AvgIpc) is 3.31. The third-order valence-electron chi connectivity index (χ3n) is 5.09. The van der Waals surface area contributed by atoms with Gasteiger partial charge in [-0.15, -0.1) is 0 Å². The van der Waals surface area contributed by atoms with Crippen molar-refractivity contribution in [1.29, 1.82) is 0 Å². The van der Waals surface area contributed by atoms with Gasteiger partial charge in [0.25, 0.3) is 0 Å². The Morgan fingerprint density at radius 2 is 2.10 bits per heavy atom. The second kappa shape index (κ2) is 7.58. The Morgan fingerprint density at radius 1 is 1.28 bits per heavy atom. The highest BCUT2D eigenvalue weighted by molar-refractivity contribution is 7.92. The molecular weight excluding hydrogens is 394 g/mol. The highest BCUT2D eigenvalue weighted by Gasteiger charge is 2.30. The number of carbonyl (C=O) groups is 1. The second-order valence-corrected chi connectivity index (χ2v) is 9.63. The van der Waals surface area contributed by atoms with E-state index >= 15 is 0 Å². The Hall–Kier alpha value is -2.75. The van der Waals surface area contributed by atoms with Gasteiger partial charge in [0.2, 0.25) is 10.0 Å². The molecule has 1 aromatic heterocycles. The molecule has 156 valence electrons. The van der Waals surface area contributed by atoms with E-state index in [9.17, 15) is 13.2 Å². The molecule has 0 saturated heterocycles. The number of alkyl carbamates (subject to hydrolysis) is 1. The summed E-state index contributed by atoms with van der Waals surface area (Å²) in [4.78, 5) is 11.8. The van der Waals surface area contributed by atoms with Gasteiger partial charge in [-0.2, -0.15) is 5.10 Å². The van der Waals surface area contributed by atoms with Crippen LogP contribution in [0.25, 0.3) is 0 Å². The summed E-state index contributed by atoms with van der Waals surface area (Å²) in [5.41, 5.74) is 3.13. The minimum atomic E-state index is -3.26. The molecule has 1 aromatic carbocycles. The van der Waals surface area contributed by atoms with Crippen molar-refractivity contribution in [3.05, 3.63) is 35.5 Å². The van der Waals surface area contributed by atoms with Crippen LogP contribution < -0.4 is 15.4 Å². The number of anilines is 3. The van der Waals surface area contributed by atoms with Crippen LogP contribution in [0.2, 0.25) is 0 Å². The molecule has 2 unspecified atom stereocenters. The summed E-state index contributed by atoms with van der Waals surface area (Å²) in [7, 11) is -3.26. The summed E-state index contributed by atoms with van der Waals surface area (Å²) in [6.45, 7) is 3.79. The van der Waals surface area contributed by atoms with Crippen molar-refractivity contribution < 1.29 is 17.9 Å². The van der Waals surface area contributed by atoms with E-state index in [0.29, 0.717) is 11.5 Å². The Labute approximate surface area is 169 Å². The zero-order chi connectivity index (χ0) is 20.6. The summed E-state index contributed by atoms with van der Waals surface area (Å²) >= 11 is 0. The first kappa shape index (κ1) is 19.6. The van der Waals surface area contributed by atoms with Crippen molar-refractivity contribution in [2.45, 2.75) is 56.9 Å². The molecule has 0 spiro atoms. The predicted octanol–water partition coefficient (Wildman–Crippen LogP) is 3.18. The Morgan fingerprint density at radius 3 is 2.90 bits per heavy atom. The average molecular weight is 420 g/mol. The number of ether oxygens (including phenoxy) is 1. The molecule has 1 saturated carbocycles. The van der Waals surface area contributed by atoms with Gasteiger partial charge in [0.05, 0.1) is 11.4 Å². The number of nitrogens with one attached hydrogen (secondary N) is 4. The summed E-state index contributed by atoms with van der Waals surface area (Å²) in [5, 5.41) is 13.3. The van der Waals surface area contributed by atoms with E-state index in [4.69, 9.17) is 4.74 Å². The van der Waals surface area contributed by atoms with E-state index in [-0.39, 0.29) is 29.9 Å². The van der Waals surface area contributed by atoms with Gasteiger partial charge in [-0.3, -0.25) is 9.82 Å². The molecule has 4 N–H and O–H groups in total. The normalized spacial score (nSPS) is 22.2. The first-order chi connectivity index (χ1) is 13.8. The van der Waals surface area contributed by atoms with Crippen molar-refractivity contribution in [1.82, 2.24) is 15.5 Å². The van der Waals surface area contributed by atoms with Gasteiger partial charge in [0.15, 0.2) is 5.82 Å². The van der Waals surface area contributed by atoms with Crippen LogP contribution in [0, 0.1) is 0 Å². The third kappa shape index (κ3) is 4.64. The quantitative estimate of drug-likeness (QED) is 0.590. The van der Waals surface area contributed by atoms with Crippen molar-refractivity contribution in [2.75, 3.05) is 10.0 Å². The van der Waals surface area contributed by atoms with Crippen LogP contribution in [0.5, 0.6) is 0 Å². The molecule has 10 heteroatoms. The Kier molecular flexibility index (Phi) is 5.12. The van der Waals surface area contributed by atoms with Gasteiger partial charge < -0.3 is 15.4 Å². The lowest BCUT2D eigenvalue weighted by Crippen LogP contribution is -2.33. The molecule has 2 aromatic rings. The SMILES string of the molecule is CC(C)NC(=O)OC1CCC(c2cc(Nc3ccc4c(c3)CS(=O)(=O)N4)n[nH]2)C1. The standard InChI is InChI=1S/C19H25N5O4S/c1-11(2)20-19(25)28-15-5-3-12(8-15)17-9-18(23-22-17)21-14-4-6-16-13(7-14)10-29(26,27)24-16/h4,6-7,9,11-12,15,24H,3,5,8,10H2,1-2H3,(H,20,25)(H2,21,22,23). The monoisotopic (exact) mass is 419 g/mol. The molecule has 1 fully saturated rings. The fourth-order valence-corrected chi connectivity index (χ4v) is 5.06. The lowest BCUT2D eigenvalue weighted by molar-refractivity contribution is 0.0981. The number of aromatic amines is 1. The maximum atomic E-state index is 11.8. The van der Waals surface area contributed by atoms with Crippen LogP contribution in [-0.4, -0.2) is 36.9 Å². The number of sulfonamides is 1. The predicted molar refractivity (Wildman–Crippen MR) is 110 cm³/mol. The number of rotatable bonds is 5. The van der Waals surface area contributed by atoms with Crippen molar-refractivity contribution in [3.8, 4) is 0 Å². The molecule has 0 radical (unpaired) electrons. The first-order valence-electron chi connectivity index (χ1n) is 9.70. The summed E-state index contributed by atoms with van der Waals surface area (Å²) in [5.74, 6) is 0.900. The maximum Gasteiger partial charge on any atom is 0.407 e. The Bertz CT molecular complexity index is 1020. The maximum absolute atomic E-state index is 11.8. The van der Waals surface area contributed by atoms with Crippen molar-refractivity contribution in [2.24, 2.45) is 0 Å². The van der Waals surface area contributed by atoms with Crippen LogP contribution >= 0.6 is 0 Å². The van der Waals surface area contributed by atoms with E-state index in [1.807, 2.05) is 32.0 Å². The summed E-state index contributed by atoms with van der Waals surface area (Å²) in [6, 6.07) is 7.37. The molecule has 1 aliphatic carbocycles. The Balaban J connectivity index is 1.36. The van der Waals surface area contributed by atoms with Crippen LogP contribution in [0.1, 0.15) is 50.3 Å². The van der Waals surface area contributed by atoms with Crippen LogP contribution in [0.4, 0.5) is 22.0 Å². The molecule has 4 rings (SSSR count). The molecule has 2 aliphatic rings. The van der Waals surface area contributed by atoms with Gasteiger partial charge >= 0.3 is 6.09 Å². The number of amides is 1. The number of nitrogens with zero attached hydrogens (tertiary/aromatic N) is 1. The lowest BCUT2D eigenvalue weighted by Gasteiger charge is -2.14. The number of H-pyrrole nitrogens is 1. The van der Waals surface area contributed by atoms with E-state index in [2.05, 4.69) is 25.6 Å². The van der Waals surface area contributed by atoms with Gasteiger partial charge in [-0.1, -0.05) is 0 Å². The molecule has 29 heavy (non-hydrogen) atoms. The molecule has 1 aliphatic heterocycles. The molecular formula is C19H25N5O4S. The van der Waals surface area contributed by atoms with Gasteiger partial charge in [-0.25, -0.2) is 13.2 Å². The summed E-state index contributed by atoms with van der Waals surface area (Å²) in [6.07, 6.45) is 2.04. The van der Waals surface area contributed by atoms with Gasteiger partial charge in [-0.05, 0) is 56.9 Å². The van der Waals surface area contributed by atoms with E-state index in [1.54, 1.807) is 6.07 Å². The van der Waals surface area contributed by atoms with Gasteiger partial charge in [0, 0.05) is 29.4 Å². The minimum Gasteiger partial charge on any atom is -0.446 e. The zero-order valence-electron chi connectivity index (χ0n) is 16.4. The molecule has 0 bridgehead atoms. The minimum absolute atomic E-state index is 0.0164. The molecule has 2 heterocycles. The van der Waals surface area contributed by atoms with Crippen molar-refractivity contribution in [3.63, 3.8) is 0 Å². The first-order valence-corrected chi connectivity index (χ1v) is 11.4. The van der Waals surface area contributed by atoms with Crippen LogP contribution in [0.15, 0.2) is 24.3 Å². The second-order valence-electron chi connectivity index (χ2n) is 7.90. The number of fused-ring (bicyclic) bond motifs is 1. The van der Waals surface area contributed by atoms with Crippen LogP contribution in [0.3, 0.4) is 0 Å². The fourth-order valence-electron chi connectivity index (χ4n) is 3.81. The number of benzene rings is 1. The fraction of sp³-hybridized carbons (Fsp3) is 0.474.